The van der Waals surface area contributed by atoms with Crippen LogP contribution in [0.4, 0.5) is 0 Å². The van der Waals surface area contributed by atoms with E-state index < -0.39 is 0 Å². The number of benzene rings is 1. The zero-order valence-electron chi connectivity index (χ0n) is 9.76. The molecular weight excluding hydrogens is 292 g/mol. The maximum atomic E-state index is 10.3. The SMILES string of the molecule is Cc1c(Br)cccc1-n1cc2ccncc2c1O. The van der Waals surface area contributed by atoms with Crippen LogP contribution in [0.25, 0.3) is 16.5 Å². The van der Waals surface area contributed by atoms with Gasteiger partial charge in [0.2, 0.25) is 5.88 Å². The van der Waals surface area contributed by atoms with Crippen molar-refractivity contribution in [1.82, 2.24) is 9.55 Å². The molecule has 0 aliphatic carbocycles. The van der Waals surface area contributed by atoms with E-state index in [0.29, 0.717) is 0 Å². The predicted molar refractivity (Wildman–Crippen MR) is 75.2 cm³/mol. The normalized spacial score (nSPS) is 11.0. The maximum absolute atomic E-state index is 10.3. The summed E-state index contributed by atoms with van der Waals surface area (Å²) in [6.45, 7) is 2.02. The quantitative estimate of drug-likeness (QED) is 0.742. The summed E-state index contributed by atoms with van der Waals surface area (Å²) in [4.78, 5) is 4.04. The number of nitrogens with zero attached hydrogens (tertiary/aromatic N) is 2. The van der Waals surface area contributed by atoms with E-state index in [2.05, 4.69) is 20.9 Å². The number of hydrogen-bond donors (Lipinski definition) is 1. The van der Waals surface area contributed by atoms with Gasteiger partial charge in [-0.1, -0.05) is 22.0 Å². The van der Waals surface area contributed by atoms with Gasteiger partial charge in [0, 0.05) is 28.4 Å². The number of rotatable bonds is 1. The lowest BCUT2D eigenvalue weighted by Crippen LogP contribution is -1.94. The highest BCUT2D eigenvalue weighted by Gasteiger charge is 2.11. The number of aromatic hydroxyl groups is 1. The second-order valence-electron chi connectivity index (χ2n) is 4.17. The molecule has 0 unspecified atom stereocenters. The zero-order valence-corrected chi connectivity index (χ0v) is 11.3. The Bertz CT molecular complexity index is 734. The van der Waals surface area contributed by atoms with Crippen molar-refractivity contribution in [3.05, 3.63) is 52.9 Å². The fourth-order valence-electron chi connectivity index (χ4n) is 2.08. The largest absolute Gasteiger partial charge is 0.494 e. The molecule has 0 amide bonds. The summed E-state index contributed by atoms with van der Waals surface area (Å²) in [5, 5.41) is 12.0. The maximum Gasteiger partial charge on any atom is 0.205 e. The van der Waals surface area contributed by atoms with Crippen LogP contribution in [0, 0.1) is 6.92 Å². The van der Waals surface area contributed by atoms with Crippen LogP contribution in [0.3, 0.4) is 0 Å². The minimum Gasteiger partial charge on any atom is -0.494 e. The molecule has 2 heterocycles. The lowest BCUT2D eigenvalue weighted by Gasteiger charge is -2.09. The van der Waals surface area contributed by atoms with Crippen molar-refractivity contribution in [3.8, 4) is 11.6 Å². The van der Waals surface area contributed by atoms with Gasteiger partial charge in [0.05, 0.1) is 11.1 Å². The van der Waals surface area contributed by atoms with Gasteiger partial charge in [0.15, 0.2) is 0 Å². The average Bonchev–Trinajstić information content (AvgIpc) is 2.71. The molecule has 0 saturated carbocycles. The molecule has 0 atom stereocenters. The van der Waals surface area contributed by atoms with Crippen LogP contribution >= 0.6 is 15.9 Å². The van der Waals surface area contributed by atoms with Gasteiger partial charge in [-0.3, -0.25) is 9.55 Å². The lowest BCUT2D eigenvalue weighted by atomic mass is 10.2. The molecule has 0 bridgehead atoms. The summed E-state index contributed by atoms with van der Waals surface area (Å²) < 4.78 is 2.81. The van der Waals surface area contributed by atoms with Crippen LogP contribution in [0.15, 0.2) is 47.3 Å². The molecule has 4 heteroatoms. The average molecular weight is 303 g/mol. The van der Waals surface area contributed by atoms with Crippen molar-refractivity contribution < 1.29 is 5.11 Å². The third kappa shape index (κ3) is 1.61. The third-order valence-corrected chi connectivity index (χ3v) is 3.95. The Hall–Kier alpha value is -1.81. The first-order chi connectivity index (χ1) is 8.68. The molecule has 90 valence electrons. The molecule has 1 aromatic carbocycles. The van der Waals surface area contributed by atoms with E-state index in [-0.39, 0.29) is 5.88 Å². The molecule has 0 aliphatic heterocycles. The van der Waals surface area contributed by atoms with Crippen molar-refractivity contribution in [2.24, 2.45) is 0 Å². The molecule has 0 fully saturated rings. The fourth-order valence-corrected chi connectivity index (χ4v) is 2.43. The molecule has 2 aromatic heterocycles. The fraction of sp³-hybridized carbons (Fsp3) is 0.0714. The summed E-state index contributed by atoms with van der Waals surface area (Å²) in [6.07, 6.45) is 5.31. The number of fused-ring (bicyclic) bond motifs is 1. The summed E-state index contributed by atoms with van der Waals surface area (Å²) in [7, 11) is 0. The summed E-state index contributed by atoms with van der Waals surface area (Å²) in [5.74, 6) is 0.222. The van der Waals surface area contributed by atoms with E-state index in [4.69, 9.17) is 0 Å². The van der Waals surface area contributed by atoms with E-state index >= 15 is 0 Å². The van der Waals surface area contributed by atoms with Crippen molar-refractivity contribution in [3.63, 3.8) is 0 Å². The minimum absolute atomic E-state index is 0.222. The van der Waals surface area contributed by atoms with Crippen LogP contribution in [-0.4, -0.2) is 14.7 Å². The van der Waals surface area contributed by atoms with Crippen molar-refractivity contribution in [2.75, 3.05) is 0 Å². The molecule has 1 N–H and O–H groups in total. The van der Waals surface area contributed by atoms with Gasteiger partial charge in [0.1, 0.15) is 0 Å². The van der Waals surface area contributed by atoms with Gasteiger partial charge in [0.25, 0.3) is 0 Å². The van der Waals surface area contributed by atoms with Gasteiger partial charge in [-0.15, -0.1) is 0 Å². The van der Waals surface area contributed by atoms with E-state index in [1.54, 1.807) is 17.0 Å². The number of halogens is 1. The molecule has 0 saturated heterocycles. The zero-order chi connectivity index (χ0) is 12.7. The Balaban J connectivity index is 2.32. The number of hydrogen-bond acceptors (Lipinski definition) is 2. The molecule has 0 aliphatic rings. The van der Waals surface area contributed by atoms with Crippen LogP contribution in [0.2, 0.25) is 0 Å². The van der Waals surface area contributed by atoms with E-state index in [1.807, 2.05) is 37.4 Å². The highest BCUT2D eigenvalue weighted by molar-refractivity contribution is 9.10. The topological polar surface area (TPSA) is 38.0 Å². The smallest absolute Gasteiger partial charge is 0.205 e. The van der Waals surface area contributed by atoms with Crippen LogP contribution < -0.4 is 0 Å². The second-order valence-corrected chi connectivity index (χ2v) is 5.02. The third-order valence-electron chi connectivity index (χ3n) is 3.09. The Morgan fingerprint density at radius 3 is 2.89 bits per heavy atom. The summed E-state index contributed by atoms with van der Waals surface area (Å²) >= 11 is 3.50. The summed E-state index contributed by atoms with van der Waals surface area (Å²) in [5.41, 5.74) is 2.04. The highest BCUT2D eigenvalue weighted by Crippen LogP contribution is 2.32. The standard InChI is InChI=1S/C14H11BrN2O/c1-9-12(15)3-2-4-13(9)17-8-10-5-6-16-7-11(10)14(17)18/h2-8,18H,1H3. The Morgan fingerprint density at radius 1 is 1.28 bits per heavy atom. The molecule has 3 aromatic rings. The first-order valence-electron chi connectivity index (χ1n) is 5.58. The van der Waals surface area contributed by atoms with Crippen molar-refractivity contribution >= 4 is 26.7 Å². The number of pyridine rings is 1. The van der Waals surface area contributed by atoms with Crippen molar-refractivity contribution in [1.29, 1.82) is 0 Å². The molecule has 0 spiro atoms. The highest BCUT2D eigenvalue weighted by atomic mass is 79.9. The van der Waals surface area contributed by atoms with E-state index in [9.17, 15) is 5.11 Å². The first-order valence-corrected chi connectivity index (χ1v) is 6.37. The molecule has 3 rings (SSSR count). The minimum atomic E-state index is 0.222. The van der Waals surface area contributed by atoms with Crippen LogP contribution in [0.5, 0.6) is 5.88 Å². The lowest BCUT2D eigenvalue weighted by molar-refractivity contribution is 0.448. The van der Waals surface area contributed by atoms with Gasteiger partial charge < -0.3 is 5.11 Å². The second kappa shape index (κ2) is 4.14. The van der Waals surface area contributed by atoms with Crippen LogP contribution in [-0.2, 0) is 0 Å². The molecule has 18 heavy (non-hydrogen) atoms. The monoisotopic (exact) mass is 302 g/mol. The molecule has 3 nitrogen and oxygen atoms in total. The Kier molecular flexibility index (Phi) is 2.59. The molecule has 0 radical (unpaired) electrons. The first kappa shape index (κ1) is 11.3. The van der Waals surface area contributed by atoms with Gasteiger partial charge in [-0.05, 0) is 30.7 Å². The van der Waals surface area contributed by atoms with E-state index in [1.165, 1.54) is 0 Å². The van der Waals surface area contributed by atoms with Crippen molar-refractivity contribution in [2.45, 2.75) is 6.92 Å². The van der Waals surface area contributed by atoms with Gasteiger partial charge in [-0.2, -0.15) is 0 Å². The Morgan fingerprint density at radius 2 is 2.11 bits per heavy atom. The van der Waals surface area contributed by atoms with Gasteiger partial charge in [-0.25, -0.2) is 0 Å². The van der Waals surface area contributed by atoms with Crippen LogP contribution in [0.1, 0.15) is 5.56 Å². The van der Waals surface area contributed by atoms with Gasteiger partial charge >= 0.3 is 0 Å². The predicted octanol–water partition coefficient (Wildman–Crippen LogP) is 3.80. The summed E-state index contributed by atoms with van der Waals surface area (Å²) in [6, 6.07) is 7.81. The Labute approximate surface area is 113 Å². The van der Waals surface area contributed by atoms with E-state index in [0.717, 1.165) is 26.5 Å². The molecular formula is C14H11BrN2O. The number of aromatic nitrogens is 2.